The fourth-order valence-corrected chi connectivity index (χ4v) is 4.94. The molecule has 0 aromatic carbocycles. The Morgan fingerprint density at radius 3 is 2.56 bits per heavy atom. The molecular weight excluding hydrogens is 368 g/mol. The molecule has 2 aliphatic rings. The molecule has 3 N–H and O–H groups in total. The standard InChI is InChI=1S/C18H26N4O4S/c1-3-26-18(25)22-9-7-21(8-10-22)11(2)16(24)20-17-14(15(19)23)12-5-4-6-13(12)27-17/h11H,3-10H2,1-2H3,(H2,19,23)(H,20,24)/t11-/m1/s1. The first kappa shape index (κ1) is 19.6. The van der Waals surface area contributed by atoms with Crippen LogP contribution in [0.4, 0.5) is 9.80 Å². The first-order valence-electron chi connectivity index (χ1n) is 9.33. The molecule has 1 aliphatic heterocycles. The Balaban J connectivity index is 1.61. The van der Waals surface area contributed by atoms with Gasteiger partial charge in [0, 0.05) is 31.1 Å². The molecule has 1 atom stereocenters. The van der Waals surface area contributed by atoms with Crippen LogP contribution in [0.25, 0.3) is 0 Å². The zero-order chi connectivity index (χ0) is 19.6. The van der Waals surface area contributed by atoms with Gasteiger partial charge in [0.1, 0.15) is 5.00 Å². The van der Waals surface area contributed by atoms with Crippen LogP contribution in [0.1, 0.15) is 41.1 Å². The predicted molar refractivity (Wildman–Crippen MR) is 103 cm³/mol. The number of primary amides is 1. The first-order valence-corrected chi connectivity index (χ1v) is 10.1. The molecule has 0 unspecified atom stereocenters. The minimum Gasteiger partial charge on any atom is -0.450 e. The summed E-state index contributed by atoms with van der Waals surface area (Å²) in [7, 11) is 0. The van der Waals surface area contributed by atoms with Gasteiger partial charge in [-0.2, -0.15) is 0 Å². The SMILES string of the molecule is CCOC(=O)N1CCN([C@H](C)C(=O)Nc2sc3c(c2C(N)=O)CCC3)CC1. The molecule has 0 bridgehead atoms. The number of piperazine rings is 1. The summed E-state index contributed by atoms with van der Waals surface area (Å²) in [6, 6.07) is -0.369. The molecule has 0 radical (unpaired) electrons. The molecule has 9 heteroatoms. The fourth-order valence-electron chi connectivity index (χ4n) is 3.64. The zero-order valence-corrected chi connectivity index (χ0v) is 16.6. The number of carbonyl (C=O) groups excluding carboxylic acids is 3. The van der Waals surface area contributed by atoms with E-state index in [9.17, 15) is 14.4 Å². The van der Waals surface area contributed by atoms with Gasteiger partial charge in [0.2, 0.25) is 5.91 Å². The van der Waals surface area contributed by atoms with Gasteiger partial charge < -0.3 is 20.7 Å². The summed E-state index contributed by atoms with van der Waals surface area (Å²) in [5, 5.41) is 3.47. The maximum Gasteiger partial charge on any atom is 0.409 e. The molecule has 1 aromatic heterocycles. The predicted octanol–water partition coefficient (Wildman–Crippen LogP) is 1.44. The molecule has 0 saturated carbocycles. The highest BCUT2D eigenvalue weighted by atomic mass is 32.1. The quantitative estimate of drug-likeness (QED) is 0.786. The molecule has 0 spiro atoms. The molecule has 2 heterocycles. The van der Waals surface area contributed by atoms with Crippen molar-refractivity contribution in [1.29, 1.82) is 0 Å². The van der Waals surface area contributed by atoms with Crippen molar-refractivity contribution in [2.24, 2.45) is 5.73 Å². The number of fused-ring (bicyclic) bond motifs is 1. The van der Waals surface area contributed by atoms with Crippen LogP contribution < -0.4 is 11.1 Å². The van der Waals surface area contributed by atoms with Gasteiger partial charge in [-0.1, -0.05) is 0 Å². The average molecular weight is 394 g/mol. The van der Waals surface area contributed by atoms with E-state index in [0.29, 0.717) is 43.4 Å². The smallest absolute Gasteiger partial charge is 0.409 e. The van der Waals surface area contributed by atoms with E-state index in [1.54, 1.807) is 11.8 Å². The summed E-state index contributed by atoms with van der Waals surface area (Å²) in [6.45, 7) is 6.20. The zero-order valence-electron chi connectivity index (χ0n) is 15.7. The number of nitrogens with zero attached hydrogens (tertiary/aromatic N) is 2. The van der Waals surface area contributed by atoms with Crippen LogP contribution in [0.15, 0.2) is 0 Å². The highest BCUT2D eigenvalue weighted by molar-refractivity contribution is 7.17. The van der Waals surface area contributed by atoms with Crippen LogP contribution >= 0.6 is 11.3 Å². The third-order valence-corrected chi connectivity index (χ3v) is 6.38. The van der Waals surface area contributed by atoms with E-state index in [-0.39, 0.29) is 18.0 Å². The van der Waals surface area contributed by atoms with Crippen molar-refractivity contribution in [1.82, 2.24) is 9.80 Å². The number of aryl methyl sites for hydroxylation is 1. The molecule has 148 valence electrons. The number of rotatable bonds is 5. The first-order chi connectivity index (χ1) is 12.9. The highest BCUT2D eigenvalue weighted by Gasteiger charge is 2.30. The molecule has 1 fully saturated rings. The second-order valence-corrected chi connectivity index (χ2v) is 7.92. The van der Waals surface area contributed by atoms with E-state index in [4.69, 9.17) is 10.5 Å². The van der Waals surface area contributed by atoms with Gasteiger partial charge >= 0.3 is 6.09 Å². The van der Waals surface area contributed by atoms with Crippen LogP contribution in [0, 0.1) is 0 Å². The summed E-state index contributed by atoms with van der Waals surface area (Å²) in [5.74, 6) is -0.651. The molecule has 1 aliphatic carbocycles. The number of amides is 3. The number of nitrogens with one attached hydrogen (secondary N) is 1. The van der Waals surface area contributed by atoms with E-state index < -0.39 is 5.91 Å². The van der Waals surface area contributed by atoms with Crippen LogP contribution in [0.2, 0.25) is 0 Å². The normalized spacial score (nSPS) is 18.1. The highest BCUT2D eigenvalue weighted by Crippen LogP contribution is 2.38. The Bertz CT molecular complexity index is 740. The van der Waals surface area contributed by atoms with Gasteiger partial charge in [0.25, 0.3) is 5.91 Å². The molecule has 27 heavy (non-hydrogen) atoms. The minimum absolute atomic E-state index is 0.165. The lowest BCUT2D eigenvalue weighted by atomic mass is 10.1. The van der Waals surface area contributed by atoms with Crippen molar-refractivity contribution < 1.29 is 19.1 Å². The lowest BCUT2D eigenvalue weighted by Crippen LogP contribution is -2.54. The third kappa shape index (κ3) is 4.08. The van der Waals surface area contributed by atoms with Crippen molar-refractivity contribution in [2.45, 2.75) is 39.2 Å². The number of nitrogens with two attached hydrogens (primary N) is 1. The van der Waals surface area contributed by atoms with Crippen LogP contribution in [-0.4, -0.2) is 66.5 Å². The molecule has 1 saturated heterocycles. The number of ether oxygens (including phenoxy) is 1. The lowest BCUT2D eigenvalue weighted by molar-refractivity contribution is -0.121. The van der Waals surface area contributed by atoms with Crippen LogP contribution in [-0.2, 0) is 22.4 Å². The van der Waals surface area contributed by atoms with Gasteiger partial charge in [0.15, 0.2) is 0 Å². The van der Waals surface area contributed by atoms with Crippen molar-refractivity contribution in [3.63, 3.8) is 0 Å². The van der Waals surface area contributed by atoms with Crippen LogP contribution in [0.3, 0.4) is 0 Å². The second kappa shape index (κ2) is 8.26. The largest absolute Gasteiger partial charge is 0.450 e. The summed E-state index contributed by atoms with van der Waals surface area (Å²) < 4.78 is 5.02. The molecule has 3 amide bonds. The summed E-state index contributed by atoms with van der Waals surface area (Å²) in [5.41, 5.74) is 7.02. The van der Waals surface area contributed by atoms with Gasteiger partial charge in [-0.3, -0.25) is 14.5 Å². The van der Waals surface area contributed by atoms with E-state index in [0.717, 1.165) is 29.7 Å². The topological polar surface area (TPSA) is 105 Å². The monoisotopic (exact) mass is 394 g/mol. The summed E-state index contributed by atoms with van der Waals surface area (Å²) >= 11 is 1.46. The van der Waals surface area contributed by atoms with Gasteiger partial charge in [-0.25, -0.2) is 4.79 Å². The second-order valence-electron chi connectivity index (χ2n) is 6.81. The van der Waals surface area contributed by atoms with Gasteiger partial charge in [0.05, 0.1) is 18.2 Å². The number of carbonyl (C=O) groups is 3. The van der Waals surface area contributed by atoms with E-state index in [2.05, 4.69) is 5.32 Å². The van der Waals surface area contributed by atoms with Gasteiger partial charge in [-0.15, -0.1) is 11.3 Å². The molecule has 1 aromatic rings. The van der Waals surface area contributed by atoms with E-state index in [1.807, 2.05) is 11.8 Å². The molecule has 3 rings (SSSR count). The number of anilines is 1. The number of thiophene rings is 1. The Morgan fingerprint density at radius 1 is 1.22 bits per heavy atom. The van der Waals surface area contributed by atoms with Crippen molar-refractivity contribution in [3.8, 4) is 0 Å². The van der Waals surface area contributed by atoms with Gasteiger partial charge in [-0.05, 0) is 38.7 Å². The number of hydrogen-bond donors (Lipinski definition) is 2. The van der Waals surface area contributed by atoms with E-state index >= 15 is 0 Å². The maximum absolute atomic E-state index is 12.7. The Morgan fingerprint density at radius 2 is 1.93 bits per heavy atom. The van der Waals surface area contributed by atoms with Crippen molar-refractivity contribution in [2.75, 3.05) is 38.1 Å². The maximum atomic E-state index is 12.7. The van der Waals surface area contributed by atoms with E-state index in [1.165, 1.54) is 11.3 Å². The van der Waals surface area contributed by atoms with Crippen molar-refractivity contribution in [3.05, 3.63) is 16.0 Å². The lowest BCUT2D eigenvalue weighted by Gasteiger charge is -2.36. The summed E-state index contributed by atoms with van der Waals surface area (Å²) in [6.07, 6.45) is 2.48. The number of hydrogen-bond acceptors (Lipinski definition) is 6. The third-order valence-electron chi connectivity index (χ3n) is 5.17. The molecular formula is C18H26N4O4S. The minimum atomic E-state index is -0.486. The Labute approximate surface area is 162 Å². The fraction of sp³-hybridized carbons (Fsp3) is 0.611. The molecule has 8 nitrogen and oxygen atoms in total. The van der Waals surface area contributed by atoms with Crippen molar-refractivity contribution >= 4 is 34.2 Å². The average Bonchev–Trinajstić information content (AvgIpc) is 3.21. The Hall–Kier alpha value is -2.13. The Kier molecular flexibility index (Phi) is 6.01. The summed E-state index contributed by atoms with van der Waals surface area (Å²) in [4.78, 5) is 41.2. The van der Waals surface area contributed by atoms with Crippen LogP contribution in [0.5, 0.6) is 0 Å².